The minimum absolute atomic E-state index is 0.0115. The maximum atomic E-state index is 12.2. The van der Waals surface area contributed by atoms with Crippen LogP contribution in [0.1, 0.15) is 36.6 Å². The Morgan fingerprint density at radius 3 is 2.68 bits per heavy atom. The van der Waals surface area contributed by atoms with E-state index < -0.39 is 21.5 Å². The molecule has 28 heavy (non-hydrogen) atoms. The lowest BCUT2D eigenvalue weighted by atomic mass is 10.1. The van der Waals surface area contributed by atoms with E-state index in [2.05, 4.69) is 10.3 Å². The molecule has 0 aliphatic heterocycles. The Morgan fingerprint density at radius 2 is 1.93 bits per heavy atom. The fraction of sp³-hybridized carbons (Fsp3) is 0.333. The summed E-state index contributed by atoms with van der Waals surface area (Å²) in [6.07, 6.45) is 3.36. The zero-order valence-corrected chi connectivity index (χ0v) is 16.2. The Morgan fingerprint density at radius 1 is 1.14 bits per heavy atom. The van der Waals surface area contributed by atoms with Crippen LogP contribution >= 0.6 is 0 Å². The minimum atomic E-state index is -3.46. The highest BCUT2D eigenvalue weighted by atomic mass is 32.2. The van der Waals surface area contributed by atoms with Gasteiger partial charge in [0.25, 0.3) is 0 Å². The maximum absolute atomic E-state index is 12.2. The van der Waals surface area contributed by atoms with Crippen LogP contribution < -0.4 is 5.32 Å². The third-order valence-electron chi connectivity index (χ3n) is 4.73. The van der Waals surface area contributed by atoms with Gasteiger partial charge in [0.2, 0.25) is 5.91 Å². The number of carbonyl (C=O) groups is 1. The third kappa shape index (κ3) is 4.78. The van der Waals surface area contributed by atoms with E-state index in [0.29, 0.717) is 35.5 Å². The Hall–Kier alpha value is -2.67. The summed E-state index contributed by atoms with van der Waals surface area (Å²) >= 11 is 0. The summed E-state index contributed by atoms with van der Waals surface area (Å²) in [5.41, 5.74) is 2.96. The van der Waals surface area contributed by atoms with E-state index in [9.17, 15) is 13.2 Å². The zero-order chi connectivity index (χ0) is 19.6. The SMILES string of the molecule is O=C(CS(=O)(=O)CCCc1ccccc1)Nc1ccc2oc(C3CC3)nc2c1. The van der Waals surface area contributed by atoms with Gasteiger partial charge in [-0.05, 0) is 49.4 Å². The number of aryl methyl sites for hydroxylation is 1. The van der Waals surface area contributed by atoms with Crippen LogP contribution in [0.4, 0.5) is 5.69 Å². The van der Waals surface area contributed by atoms with E-state index in [0.717, 1.165) is 24.3 Å². The second-order valence-corrected chi connectivity index (χ2v) is 9.42. The van der Waals surface area contributed by atoms with Gasteiger partial charge >= 0.3 is 0 Å². The molecule has 1 aliphatic carbocycles. The van der Waals surface area contributed by atoms with E-state index >= 15 is 0 Å². The van der Waals surface area contributed by atoms with Gasteiger partial charge in [-0.2, -0.15) is 0 Å². The Balaban J connectivity index is 1.32. The molecule has 7 heteroatoms. The number of anilines is 1. The molecule has 4 rings (SSSR count). The van der Waals surface area contributed by atoms with Crippen molar-refractivity contribution >= 4 is 32.5 Å². The monoisotopic (exact) mass is 398 g/mol. The van der Waals surface area contributed by atoms with E-state index in [1.54, 1.807) is 18.2 Å². The van der Waals surface area contributed by atoms with Gasteiger partial charge < -0.3 is 9.73 Å². The number of hydrogen-bond donors (Lipinski definition) is 1. The molecule has 1 heterocycles. The van der Waals surface area contributed by atoms with Gasteiger partial charge in [0, 0.05) is 11.6 Å². The molecule has 0 saturated heterocycles. The first-order valence-electron chi connectivity index (χ1n) is 9.43. The van der Waals surface area contributed by atoms with Crippen LogP contribution in [0, 0.1) is 0 Å². The number of aromatic nitrogens is 1. The van der Waals surface area contributed by atoms with Crippen molar-refractivity contribution in [3.63, 3.8) is 0 Å². The molecule has 1 aliphatic rings. The number of sulfone groups is 1. The van der Waals surface area contributed by atoms with Crippen molar-refractivity contribution in [3.05, 3.63) is 60.0 Å². The standard InChI is InChI=1S/C21H22N2O4S/c24-20(14-28(25,26)12-4-7-15-5-2-1-3-6-15)22-17-10-11-19-18(13-17)23-21(27-19)16-8-9-16/h1-3,5-6,10-11,13,16H,4,7-9,12,14H2,(H,22,24). The van der Waals surface area contributed by atoms with Crippen molar-refractivity contribution in [2.24, 2.45) is 0 Å². The van der Waals surface area contributed by atoms with Crippen LogP contribution in [0.3, 0.4) is 0 Å². The summed E-state index contributed by atoms with van der Waals surface area (Å²) in [6.45, 7) is 0. The van der Waals surface area contributed by atoms with Crippen molar-refractivity contribution in [2.45, 2.75) is 31.6 Å². The quantitative estimate of drug-likeness (QED) is 0.625. The smallest absolute Gasteiger partial charge is 0.239 e. The zero-order valence-electron chi connectivity index (χ0n) is 15.4. The highest BCUT2D eigenvalue weighted by molar-refractivity contribution is 7.92. The van der Waals surface area contributed by atoms with Crippen LogP contribution in [-0.2, 0) is 21.1 Å². The Kier molecular flexibility index (Phi) is 5.17. The van der Waals surface area contributed by atoms with Crippen LogP contribution in [0.15, 0.2) is 52.9 Å². The predicted molar refractivity (Wildman–Crippen MR) is 108 cm³/mol. The molecule has 6 nitrogen and oxygen atoms in total. The van der Waals surface area contributed by atoms with Gasteiger partial charge in [0.15, 0.2) is 21.3 Å². The summed E-state index contributed by atoms with van der Waals surface area (Å²) in [5, 5.41) is 2.65. The summed E-state index contributed by atoms with van der Waals surface area (Å²) < 4.78 is 30.2. The Labute approximate surface area is 163 Å². The number of nitrogens with zero attached hydrogens (tertiary/aromatic N) is 1. The van der Waals surface area contributed by atoms with Crippen LogP contribution in [0.5, 0.6) is 0 Å². The van der Waals surface area contributed by atoms with Crippen molar-refractivity contribution in [1.29, 1.82) is 0 Å². The summed E-state index contributed by atoms with van der Waals surface area (Å²) in [6, 6.07) is 14.9. The molecular formula is C21H22N2O4S. The van der Waals surface area contributed by atoms with Crippen LogP contribution in [0.25, 0.3) is 11.1 Å². The summed E-state index contributed by atoms with van der Waals surface area (Å²) in [5.74, 6) is 0.0739. The average molecular weight is 398 g/mol. The molecule has 0 spiro atoms. The first kappa shape index (κ1) is 18.7. The van der Waals surface area contributed by atoms with Gasteiger partial charge in [0.05, 0.1) is 5.75 Å². The molecular weight excluding hydrogens is 376 g/mol. The molecule has 3 aromatic rings. The average Bonchev–Trinajstić information content (AvgIpc) is 3.41. The van der Waals surface area contributed by atoms with Gasteiger partial charge in [-0.15, -0.1) is 0 Å². The second kappa shape index (κ2) is 7.75. The Bertz CT molecular complexity index is 1090. The number of rotatable bonds is 8. The van der Waals surface area contributed by atoms with Gasteiger partial charge in [0.1, 0.15) is 11.3 Å². The number of fused-ring (bicyclic) bond motifs is 1. The topological polar surface area (TPSA) is 89.3 Å². The summed E-state index contributed by atoms with van der Waals surface area (Å²) in [7, 11) is -3.46. The van der Waals surface area contributed by atoms with Gasteiger partial charge in [-0.3, -0.25) is 4.79 Å². The normalized spacial score (nSPS) is 14.3. The number of oxazole rings is 1. The fourth-order valence-electron chi connectivity index (χ4n) is 3.14. The largest absolute Gasteiger partial charge is 0.440 e. The van der Waals surface area contributed by atoms with Crippen molar-refractivity contribution < 1.29 is 17.6 Å². The number of nitrogens with one attached hydrogen (secondary N) is 1. The van der Waals surface area contributed by atoms with E-state index in [-0.39, 0.29) is 5.75 Å². The predicted octanol–water partition coefficient (Wildman–Crippen LogP) is 3.69. The molecule has 2 aromatic carbocycles. The van der Waals surface area contributed by atoms with Crippen molar-refractivity contribution in [1.82, 2.24) is 4.98 Å². The molecule has 1 fully saturated rings. The lowest BCUT2D eigenvalue weighted by Gasteiger charge is -2.06. The third-order valence-corrected chi connectivity index (χ3v) is 6.34. The fourth-order valence-corrected chi connectivity index (χ4v) is 4.34. The van der Waals surface area contributed by atoms with E-state index in [1.165, 1.54) is 0 Å². The van der Waals surface area contributed by atoms with E-state index in [4.69, 9.17) is 4.42 Å². The van der Waals surface area contributed by atoms with Crippen LogP contribution in [0.2, 0.25) is 0 Å². The number of benzene rings is 2. The first-order chi connectivity index (χ1) is 13.5. The van der Waals surface area contributed by atoms with Gasteiger partial charge in [-0.25, -0.2) is 13.4 Å². The lowest BCUT2D eigenvalue weighted by molar-refractivity contribution is -0.113. The molecule has 1 saturated carbocycles. The number of amides is 1. The van der Waals surface area contributed by atoms with Gasteiger partial charge in [-0.1, -0.05) is 30.3 Å². The minimum Gasteiger partial charge on any atom is -0.440 e. The van der Waals surface area contributed by atoms with Crippen molar-refractivity contribution in [2.75, 3.05) is 16.8 Å². The molecule has 1 N–H and O–H groups in total. The highest BCUT2D eigenvalue weighted by Gasteiger charge is 2.29. The maximum Gasteiger partial charge on any atom is 0.239 e. The van der Waals surface area contributed by atoms with Crippen molar-refractivity contribution in [3.8, 4) is 0 Å². The number of carbonyl (C=O) groups excluding carboxylic acids is 1. The highest BCUT2D eigenvalue weighted by Crippen LogP contribution is 2.40. The van der Waals surface area contributed by atoms with Crippen LogP contribution in [-0.4, -0.2) is 30.8 Å². The molecule has 1 amide bonds. The molecule has 146 valence electrons. The molecule has 0 bridgehead atoms. The lowest BCUT2D eigenvalue weighted by Crippen LogP contribution is -2.24. The van der Waals surface area contributed by atoms with E-state index in [1.807, 2.05) is 30.3 Å². The first-order valence-corrected chi connectivity index (χ1v) is 11.3. The molecule has 0 atom stereocenters. The molecule has 0 unspecified atom stereocenters. The summed E-state index contributed by atoms with van der Waals surface area (Å²) in [4.78, 5) is 16.6. The molecule has 1 aromatic heterocycles. The second-order valence-electron chi connectivity index (χ2n) is 7.24. The number of hydrogen-bond acceptors (Lipinski definition) is 5. The molecule has 0 radical (unpaired) electrons.